The number of nitrogens with zero attached hydrogens (tertiary/aromatic N) is 2. The molecule has 0 aliphatic heterocycles. The zero-order valence-electron chi connectivity index (χ0n) is 6.24. The van der Waals surface area contributed by atoms with Crippen molar-refractivity contribution < 1.29 is 4.79 Å². The van der Waals surface area contributed by atoms with E-state index in [0.717, 1.165) is 12.8 Å². The first kappa shape index (κ1) is 7.55. The molecular formula is C8H8N2O. The molecule has 0 amide bonds. The van der Waals surface area contributed by atoms with Crippen molar-refractivity contribution in [3.8, 4) is 6.07 Å². The van der Waals surface area contributed by atoms with Gasteiger partial charge in [-0.3, -0.25) is 4.79 Å². The predicted octanol–water partition coefficient (Wildman–Crippen LogP) is 1.19. The molecule has 0 aliphatic rings. The Morgan fingerprint density at radius 3 is 2.91 bits per heavy atom. The van der Waals surface area contributed by atoms with Crippen LogP contribution in [0.25, 0.3) is 0 Å². The van der Waals surface area contributed by atoms with E-state index in [-0.39, 0.29) is 0 Å². The van der Waals surface area contributed by atoms with Gasteiger partial charge in [0.2, 0.25) is 0 Å². The molecule has 0 saturated heterocycles. The Kier molecular flexibility index (Phi) is 2.07. The molecule has 1 heterocycles. The van der Waals surface area contributed by atoms with E-state index in [1.807, 2.05) is 13.0 Å². The molecule has 0 fully saturated rings. The van der Waals surface area contributed by atoms with Gasteiger partial charge < -0.3 is 4.57 Å². The molecule has 1 rings (SSSR count). The highest BCUT2D eigenvalue weighted by atomic mass is 16.1. The molecule has 0 saturated carbocycles. The van der Waals surface area contributed by atoms with E-state index in [1.54, 1.807) is 16.8 Å². The fourth-order valence-electron chi connectivity index (χ4n) is 0.950. The highest BCUT2D eigenvalue weighted by molar-refractivity contribution is 5.75. The van der Waals surface area contributed by atoms with E-state index in [0.29, 0.717) is 11.3 Å². The molecular weight excluding hydrogens is 140 g/mol. The molecule has 0 atom stereocenters. The van der Waals surface area contributed by atoms with Crippen molar-refractivity contribution in [2.75, 3.05) is 0 Å². The zero-order chi connectivity index (χ0) is 8.27. The minimum absolute atomic E-state index is 0.537. The third-order valence-electron chi connectivity index (χ3n) is 1.51. The predicted molar refractivity (Wildman–Crippen MR) is 40.2 cm³/mol. The molecule has 3 heteroatoms. The zero-order valence-corrected chi connectivity index (χ0v) is 6.24. The number of aldehydes is 1. The van der Waals surface area contributed by atoms with Crippen molar-refractivity contribution in [2.24, 2.45) is 0 Å². The lowest BCUT2D eigenvalue weighted by Crippen LogP contribution is -1.93. The second-order valence-corrected chi connectivity index (χ2v) is 2.17. The molecule has 1 aromatic heterocycles. The first-order valence-electron chi connectivity index (χ1n) is 3.37. The summed E-state index contributed by atoms with van der Waals surface area (Å²) in [7, 11) is 0. The molecule has 11 heavy (non-hydrogen) atoms. The summed E-state index contributed by atoms with van der Waals surface area (Å²) in [6.45, 7) is 2.64. The minimum Gasteiger partial charge on any atom is -0.339 e. The second-order valence-electron chi connectivity index (χ2n) is 2.17. The second kappa shape index (κ2) is 3.02. The van der Waals surface area contributed by atoms with Crippen LogP contribution in [0, 0.1) is 11.3 Å². The van der Waals surface area contributed by atoms with Crippen LogP contribution in [0.4, 0.5) is 0 Å². The van der Waals surface area contributed by atoms with Crippen molar-refractivity contribution >= 4 is 6.29 Å². The number of hydrogen-bond donors (Lipinski definition) is 0. The monoisotopic (exact) mass is 148 g/mol. The summed E-state index contributed by atoms with van der Waals surface area (Å²) in [5.41, 5.74) is 1.10. The van der Waals surface area contributed by atoms with E-state index >= 15 is 0 Å². The largest absolute Gasteiger partial charge is 0.339 e. The summed E-state index contributed by atoms with van der Waals surface area (Å²) < 4.78 is 1.74. The molecule has 56 valence electrons. The van der Waals surface area contributed by atoms with Gasteiger partial charge in [-0.2, -0.15) is 5.26 Å². The smallest absolute Gasteiger partial charge is 0.151 e. The summed E-state index contributed by atoms with van der Waals surface area (Å²) in [5, 5.41) is 8.57. The van der Waals surface area contributed by atoms with Gasteiger partial charge in [-0.25, -0.2) is 0 Å². The molecule has 0 bridgehead atoms. The first-order chi connectivity index (χ1) is 5.31. The number of hydrogen-bond acceptors (Lipinski definition) is 2. The van der Waals surface area contributed by atoms with Crippen molar-refractivity contribution in [1.29, 1.82) is 5.26 Å². The van der Waals surface area contributed by atoms with Crippen molar-refractivity contribution in [3.63, 3.8) is 0 Å². The summed E-state index contributed by atoms with van der Waals surface area (Å²) >= 11 is 0. The molecule has 0 radical (unpaired) electrons. The standard InChI is InChI=1S/C8H8N2O/c1-2-10-5-7(6-11)3-8(10)4-9/h3,5-6H,2H2,1H3. The van der Waals surface area contributed by atoms with Gasteiger partial charge >= 0.3 is 0 Å². The third-order valence-corrected chi connectivity index (χ3v) is 1.51. The number of rotatable bonds is 2. The summed E-state index contributed by atoms with van der Waals surface area (Å²) in [4.78, 5) is 10.3. The maximum Gasteiger partial charge on any atom is 0.151 e. The van der Waals surface area contributed by atoms with Crippen LogP contribution in [0.3, 0.4) is 0 Å². The Balaban J connectivity index is 3.14. The lowest BCUT2D eigenvalue weighted by molar-refractivity contribution is 0.112. The van der Waals surface area contributed by atoms with Crippen LogP contribution < -0.4 is 0 Å². The van der Waals surface area contributed by atoms with E-state index in [9.17, 15) is 4.79 Å². The average Bonchev–Trinajstić information content (AvgIpc) is 2.46. The first-order valence-corrected chi connectivity index (χ1v) is 3.37. The van der Waals surface area contributed by atoms with Crippen molar-refractivity contribution in [3.05, 3.63) is 23.5 Å². The fourth-order valence-corrected chi connectivity index (χ4v) is 0.950. The third kappa shape index (κ3) is 1.30. The van der Waals surface area contributed by atoms with Gasteiger partial charge in [0.05, 0.1) is 0 Å². The number of carbonyl (C=O) groups is 1. The van der Waals surface area contributed by atoms with Gasteiger partial charge in [-0.1, -0.05) is 0 Å². The molecule has 0 N–H and O–H groups in total. The van der Waals surface area contributed by atoms with Gasteiger partial charge in [0.15, 0.2) is 6.29 Å². The van der Waals surface area contributed by atoms with E-state index < -0.39 is 0 Å². The van der Waals surface area contributed by atoms with Crippen molar-refractivity contribution in [2.45, 2.75) is 13.5 Å². The topological polar surface area (TPSA) is 45.8 Å². The Hall–Kier alpha value is -1.56. The van der Waals surface area contributed by atoms with E-state index in [1.165, 1.54) is 0 Å². The van der Waals surface area contributed by atoms with Gasteiger partial charge in [-0.15, -0.1) is 0 Å². The maximum absolute atomic E-state index is 10.3. The highest BCUT2D eigenvalue weighted by Gasteiger charge is 2.01. The summed E-state index contributed by atoms with van der Waals surface area (Å²) in [6.07, 6.45) is 2.42. The van der Waals surface area contributed by atoms with Gasteiger partial charge in [-0.05, 0) is 13.0 Å². The lowest BCUT2D eigenvalue weighted by atomic mass is 10.3. The molecule has 0 spiro atoms. The van der Waals surface area contributed by atoms with Crippen LogP contribution in [-0.2, 0) is 6.54 Å². The van der Waals surface area contributed by atoms with Crippen LogP contribution in [-0.4, -0.2) is 10.9 Å². The summed E-state index contributed by atoms with van der Waals surface area (Å²) in [5.74, 6) is 0. The Morgan fingerprint density at radius 2 is 2.55 bits per heavy atom. The normalized spacial score (nSPS) is 9.09. The van der Waals surface area contributed by atoms with Gasteiger partial charge in [0.25, 0.3) is 0 Å². The van der Waals surface area contributed by atoms with Crippen molar-refractivity contribution in [1.82, 2.24) is 4.57 Å². The number of nitriles is 1. The lowest BCUT2D eigenvalue weighted by Gasteiger charge is -1.95. The molecule has 0 aromatic carbocycles. The molecule has 1 aromatic rings. The molecule has 3 nitrogen and oxygen atoms in total. The SMILES string of the molecule is CCn1cc(C=O)cc1C#N. The minimum atomic E-state index is 0.537. The number of aryl methyl sites for hydroxylation is 1. The van der Waals surface area contributed by atoms with Crippen LogP contribution >= 0.6 is 0 Å². The number of aromatic nitrogens is 1. The van der Waals surface area contributed by atoms with Gasteiger partial charge in [0, 0.05) is 18.3 Å². The quantitative estimate of drug-likeness (QED) is 0.591. The Morgan fingerprint density at radius 1 is 1.82 bits per heavy atom. The summed E-state index contributed by atoms with van der Waals surface area (Å²) in [6, 6.07) is 3.59. The van der Waals surface area contributed by atoms with Crippen LogP contribution in [0.15, 0.2) is 12.3 Å². The maximum atomic E-state index is 10.3. The van der Waals surface area contributed by atoms with Crippen LogP contribution in [0.2, 0.25) is 0 Å². The van der Waals surface area contributed by atoms with Crippen LogP contribution in [0.5, 0.6) is 0 Å². The van der Waals surface area contributed by atoms with E-state index in [4.69, 9.17) is 5.26 Å². The number of carbonyl (C=O) groups excluding carboxylic acids is 1. The van der Waals surface area contributed by atoms with E-state index in [2.05, 4.69) is 0 Å². The highest BCUT2D eigenvalue weighted by Crippen LogP contribution is 2.04. The average molecular weight is 148 g/mol. The van der Waals surface area contributed by atoms with Crippen LogP contribution in [0.1, 0.15) is 23.0 Å². The Labute approximate surface area is 64.9 Å². The fraction of sp³-hybridized carbons (Fsp3) is 0.250. The van der Waals surface area contributed by atoms with Gasteiger partial charge in [0.1, 0.15) is 11.8 Å². The molecule has 0 unspecified atom stereocenters. The Bertz CT molecular complexity index is 306. The molecule has 0 aliphatic carbocycles.